The van der Waals surface area contributed by atoms with Crippen LogP contribution in [0.1, 0.15) is 33.3 Å². The van der Waals surface area contributed by atoms with Gasteiger partial charge in [0.05, 0.1) is 11.6 Å². The van der Waals surface area contributed by atoms with Crippen LogP contribution in [-0.4, -0.2) is 16.8 Å². The second-order valence-corrected chi connectivity index (χ2v) is 9.28. The van der Waals surface area contributed by atoms with Crippen molar-refractivity contribution in [2.75, 3.05) is 4.90 Å². The fraction of sp³-hybridized carbons (Fsp3) is 0.111. The number of anilines is 1. The molecule has 2 heterocycles. The van der Waals surface area contributed by atoms with Crippen LogP contribution in [0.4, 0.5) is 10.1 Å². The molecule has 34 heavy (non-hydrogen) atoms. The zero-order chi connectivity index (χ0) is 24.1. The highest BCUT2D eigenvalue weighted by molar-refractivity contribution is 9.10. The average molecular weight is 520 g/mol. The number of aliphatic hydroxyl groups is 1. The topological polar surface area (TPSA) is 70.8 Å². The van der Waals surface area contributed by atoms with Crippen molar-refractivity contribution in [3.8, 4) is 0 Å². The van der Waals surface area contributed by atoms with Gasteiger partial charge in [0.25, 0.3) is 5.91 Å². The van der Waals surface area contributed by atoms with Crippen LogP contribution >= 0.6 is 15.9 Å². The molecule has 0 bridgehead atoms. The Labute approximate surface area is 203 Å². The maximum Gasteiger partial charge on any atom is 0.294 e. The molecule has 4 aromatic rings. The molecule has 0 aliphatic carbocycles. The van der Waals surface area contributed by atoms with Gasteiger partial charge in [-0.3, -0.25) is 14.5 Å². The van der Waals surface area contributed by atoms with E-state index in [0.717, 1.165) is 15.6 Å². The quantitative estimate of drug-likeness (QED) is 0.303. The van der Waals surface area contributed by atoms with Crippen molar-refractivity contribution < 1.29 is 23.5 Å². The lowest BCUT2D eigenvalue weighted by Gasteiger charge is -2.27. The third kappa shape index (κ3) is 3.72. The summed E-state index contributed by atoms with van der Waals surface area (Å²) in [5.41, 5.74) is 3.24. The molecule has 1 amide bonds. The first-order chi connectivity index (χ1) is 16.2. The number of aliphatic hydroxyl groups excluding tert-OH is 1. The molecule has 0 radical (unpaired) electrons. The van der Waals surface area contributed by atoms with Gasteiger partial charge in [-0.1, -0.05) is 34.1 Å². The third-order valence-corrected chi connectivity index (χ3v) is 6.32. The van der Waals surface area contributed by atoms with Gasteiger partial charge in [-0.25, -0.2) is 4.39 Å². The molecule has 1 N–H and O–H groups in total. The van der Waals surface area contributed by atoms with E-state index in [4.69, 9.17) is 4.42 Å². The lowest BCUT2D eigenvalue weighted by Crippen LogP contribution is -2.31. The smallest absolute Gasteiger partial charge is 0.294 e. The summed E-state index contributed by atoms with van der Waals surface area (Å²) in [5, 5.41) is 11.6. The Morgan fingerprint density at radius 1 is 1.00 bits per heavy atom. The van der Waals surface area contributed by atoms with Gasteiger partial charge in [0.2, 0.25) is 5.78 Å². The summed E-state index contributed by atoms with van der Waals surface area (Å²) in [4.78, 5) is 28.3. The van der Waals surface area contributed by atoms with E-state index in [-0.39, 0.29) is 11.3 Å². The number of amides is 1. The molecule has 1 aromatic heterocycles. The number of nitrogens with zero attached hydrogens (tertiary/aromatic N) is 1. The highest BCUT2D eigenvalue weighted by Crippen LogP contribution is 2.43. The normalized spacial score (nSPS) is 16.1. The van der Waals surface area contributed by atoms with Crippen LogP contribution in [0.25, 0.3) is 11.0 Å². The molecule has 5 rings (SSSR count). The minimum absolute atomic E-state index is 0.00293. The molecule has 0 saturated carbocycles. The van der Waals surface area contributed by atoms with Crippen LogP contribution in [-0.2, 0) is 4.79 Å². The number of halogens is 2. The van der Waals surface area contributed by atoms with Crippen molar-refractivity contribution in [2.24, 2.45) is 0 Å². The molecule has 3 aromatic carbocycles. The lowest BCUT2D eigenvalue weighted by molar-refractivity contribution is -0.117. The molecule has 7 heteroatoms. The summed E-state index contributed by atoms with van der Waals surface area (Å²) >= 11 is 3.40. The van der Waals surface area contributed by atoms with Gasteiger partial charge >= 0.3 is 0 Å². The minimum Gasteiger partial charge on any atom is -0.503 e. The second kappa shape index (κ2) is 8.25. The SMILES string of the molecule is Cc1cc(C)cc(N2C(=O)C(O)=C(C(=O)c3cc4cc(Br)ccc4o3)C2c2ccc(F)cc2)c1. The van der Waals surface area contributed by atoms with Crippen LogP contribution < -0.4 is 4.90 Å². The maximum atomic E-state index is 13.7. The summed E-state index contributed by atoms with van der Waals surface area (Å²) in [7, 11) is 0. The first kappa shape index (κ1) is 22.1. The van der Waals surface area contributed by atoms with Crippen LogP contribution in [0.2, 0.25) is 0 Å². The van der Waals surface area contributed by atoms with Gasteiger partial charge in [0, 0.05) is 15.5 Å². The van der Waals surface area contributed by atoms with Gasteiger partial charge in [-0.15, -0.1) is 0 Å². The number of carbonyl (C=O) groups is 2. The first-order valence-electron chi connectivity index (χ1n) is 10.6. The third-order valence-electron chi connectivity index (χ3n) is 5.83. The summed E-state index contributed by atoms with van der Waals surface area (Å²) < 4.78 is 20.3. The first-order valence-corrected chi connectivity index (χ1v) is 11.4. The van der Waals surface area contributed by atoms with Gasteiger partial charge in [-0.2, -0.15) is 0 Å². The number of Topliss-reactive ketones (excluding diaryl/α,β-unsaturated/α-hetero) is 1. The number of benzene rings is 3. The van der Waals surface area contributed by atoms with Gasteiger partial charge in [-0.05, 0) is 79.1 Å². The number of furan rings is 1. The summed E-state index contributed by atoms with van der Waals surface area (Å²) in [5.74, 6) is -2.42. The standard InChI is InChI=1S/C27H19BrFNO4/c1-14-9-15(2)11-20(10-14)30-24(16-3-6-19(29)7-4-16)23(26(32)27(30)33)25(31)22-13-17-12-18(28)5-8-21(17)34-22/h3-13,24,32H,1-2H3. The van der Waals surface area contributed by atoms with E-state index in [1.807, 2.05) is 26.0 Å². The molecule has 1 aliphatic heterocycles. The van der Waals surface area contributed by atoms with E-state index in [9.17, 15) is 19.1 Å². The molecule has 170 valence electrons. The fourth-order valence-corrected chi connectivity index (χ4v) is 4.79. The molecule has 0 fully saturated rings. The Hall–Kier alpha value is -3.71. The van der Waals surface area contributed by atoms with E-state index < -0.39 is 29.3 Å². The average Bonchev–Trinajstić information content (AvgIpc) is 3.32. The number of hydrogen-bond acceptors (Lipinski definition) is 4. The van der Waals surface area contributed by atoms with Crippen molar-refractivity contribution >= 4 is 44.3 Å². The van der Waals surface area contributed by atoms with Crippen molar-refractivity contribution in [2.45, 2.75) is 19.9 Å². The highest BCUT2D eigenvalue weighted by atomic mass is 79.9. The molecule has 1 aliphatic rings. The highest BCUT2D eigenvalue weighted by Gasteiger charge is 2.45. The second-order valence-electron chi connectivity index (χ2n) is 8.36. The Morgan fingerprint density at radius 2 is 1.68 bits per heavy atom. The molecule has 1 unspecified atom stereocenters. The van der Waals surface area contributed by atoms with Crippen molar-refractivity contribution in [1.82, 2.24) is 0 Å². The number of aryl methyl sites for hydroxylation is 2. The van der Waals surface area contributed by atoms with E-state index in [0.29, 0.717) is 22.2 Å². The van der Waals surface area contributed by atoms with Gasteiger partial charge < -0.3 is 9.52 Å². The van der Waals surface area contributed by atoms with Crippen molar-refractivity contribution in [3.05, 3.63) is 111 Å². The zero-order valence-electron chi connectivity index (χ0n) is 18.3. The van der Waals surface area contributed by atoms with Crippen LogP contribution in [0.15, 0.2) is 87.0 Å². The Bertz CT molecular complexity index is 1480. The van der Waals surface area contributed by atoms with E-state index in [1.54, 1.807) is 30.3 Å². The zero-order valence-corrected chi connectivity index (χ0v) is 19.9. The van der Waals surface area contributed by atoms with Gasteiger partial charge in [0.1, 0.15) is 11.4 Å². The predicted octanol–water partition coefficient (Wildman–Crippen LogP) is 6.73. The molecule has 5 nitrogen and oxygen atoms in total. The Morgan fingerprint density at radius 3 is 2.35 bits per heavy atom. The van der Waals surface area contributed by atoms with Crippen molar-refractivity contribution in [3.63, 3.8) is 0 Å². The fourth-order valence-electron chi connectivity index (χ4n) is 4.41. The Kier molecular flexibility index (Phi) is 5.37. The number of carbonyl (C=O) groups excluding carboxylic acids is 2. The van der Waals surface area contributed by atoms with Crippen molar-refractivity contribution in [1.29, 1.82) is 0 Å². The largest absolute Gasteiger partial charge is 0.503 e. The maximum absolute atomic E-state index is 13.7. The number of hydrogen-bond donors (Lipinski definition) is 1. The van der Waals surface area contributed by atoms with E-state index in [2.05, 4.69) is 15.9 Å². The lowest BCUT2D eigenvalue weighted by atomic mass is 9.94. The summed E-state index contributed by atoms with van der Waals surface area (Å²) in [6, 6.07) is 17.0. The van der Waals surface area contributed by atoms with E-state index >= 15 is 0 Å². The number of rotatable bonds is 4. The predicted molar refractivity (Wildman–Crippen MR) is 130 cm³/mol. The molecular formula is C27H19BrFNO4. The van der Waals surface area contributed by atoms with Crippen LogP contribution in [0.3, 0.4) is 0 Å². The molecule has 0 spiro atoms. The number of ketones is 1. The summed E-state index contributed by atoms with van der Waals surface area (Å²) in [6.45, 7) is 3.80. The Balaban J connectivity index is 1.67. The minimum atomic E-state index is -0.957. The van der Waals surface area contributed by atoms with Crippen LogP contribution in [0, 0.1) is 19.7 Å². The van der Waals surface area contributed by atoms with Gasteiger partial charge in [0.15, 0.2) is 11.5 Å². The molecule has 0 saturated heterocycles. The monoisotopic (exact) mass is 519 g/mol. The molecule has 1 atom stereocenters. The van der Waals surface area contributed by atoms with E-state index in [1.165, 1.54) is 29.2 Å². The molecular weight excluding hydrogens is 501 g/mol. The van der Waals surface area contributed by atoms with Crippen LogP contribution in [0.5, 0.6) is 0 Å². The summed E-state index contributed by atoms with van der Waals surface area (Å²) in [6.07, 6.45) is 0. The number of fused-ring (bicyclic) bond motifs is 1.